The van der Waals surface area contributed by atoms with E-state index in [-0.39, 0.29) is 36.0 Å². The molecule has 0 aromatic rings. The zero-order chi connectivity index (χ0) is 8.20. The molecule has 0 aliphatic rings. The van der Waals surface area contributed by atoms with Gasteiger partial charge in [0.15, 0.2) is 0 Å². The van der Waals surface area contributed by atoms with E-state index in [0.717, 1.165) is 6.42 Å². The molecule has 3 heteroatoms. The molecule has 2 nitrogen and oxygen atoms in total. The number of rotatable bonds is 4. The quantitative estimate of drug-likeness (QED) is 0.399. The molecule has 0 unspecified atom stereocenters. The van der Waals surface area contributed by atoms with Gasteiger partial charge in [-0.1, -0.05) is 19.8 Å². The maximum atomic E-state index is 10.0. The molecular formula is C6H11NaO2. The van der Waals surface area contributed by atoms with E-state index in [1.54, 1.807) is 0 Å². The smallest absolute Gasteiger partial charge is 0.550 e. The molecule has 9 heavy (non-hydrogen) atoms. The van der Waals surface area contributed by atoms with Gasteiger partial charge in [-0.05, 0) is 12.8 Å². The van der Waals surface area contributed by atoms with Crippen LogP contribution in [0.2, 0.25) is 0 Å². The van der Waals surface area contributed by atoms with Crippen LogP contribution in [0.15, 0.2) is 0 Å². The summed E-state index contributed by atoms with van der Waals surface area (Å²) in [7, 11) is 0. The molecule has 0 saturated heterocycles. The number of carboxylic acids is 1. The number of hydrogen-bond donors (Lipinski definition) is 0. The second-order valence-corrected chi connectivity index (χ2v) is 1.57. The minimum absolute atomic E-state index is 0. The van der Waals surface area contributed by atoms with Crippen molar-refractivity contribution in [1.29, 1.82) is 0 Å². The van der Waals surface area contributed by atoms with Gasteiger partial charge in [-0.25, -0.2) is 0 Å². The first kappa shape index (κ1) is 7.58. The van der Waals surface area contributed by atoms with E-state index >= 15 is 0 Å². The van der Waals surface area contributed by atoms with Crippen molar-refractivity contribution in [3.8, 4) is 0 Å². The zero-order valence-corrected chi connectivity index (χ0v) is 7.94. The second-order valence-electron chi connectivity index (χ2n) is 1.57. The van der Waals surface area contributed by atoms with Crippen molar-refractivity contribution in [3.63, 3.8) is 0 Å². The van der Waals surface area contributed by atoms with Crippen LogP contribution >= 0.6 is 0 Å². The van der Waals surface area contributed by atoms with Crippen molar-refractivity contribution in [3.05, 3.63) is 0 Å². The Kier molecular flexibility index (Phi) is 7.13. The summed E-state index contributed by atoms with van der Waals surface area (Å²) in [5, 5.41) is 10.0. The first-order chi connectivity index (χ1) is 4.50. The fourth-order valence-corrected chi connectivity index (χ4v) is 0.367. The van der Waals surface area contributed by atoms with Gasteiger partial charge >= 0.3 is 29.6 Å². The van der Waals surface area contributed by atoms with Crippen molar-refractivity contribution in [1.82, 2.24) is 0 Å². The van der Waals surface area contributed by atoms with E-state index in [9.17, 15) is 9.90 Å². The Morgan fingerprint density at radius 1 is 1.67 bits per heavy atom. The van der Waals surface area contributed by atoms with Crippen LogP contribution in [0.5, 0.6) is 0 Å². The summed E-state index contributed by atoms with van der Waals surface area (Å²) in [6.45, 7) is 1.88. The van der Waals surface area contributed by atoms with Gasteiger partial charge in [-0.2, -0.15) is 0 Å². The van der Waals surface area contributed by atoms with Crippen LogP contribution in [0.4, 0.5) is 0 Å². The van der Waals surface area contributed by atoms with E-state index < -0.39 is 12.3 Å². The Morgan fingerprint density at radius 2 is 2.22 bits per heavy atom. The molecule has 0 spiro atoms. The molecule has 0 aliphatic carbocycles. The molecule has 0 bridgehead atoms. The van der Waals surface area contributed by atoms with Crippen molar-refractivity contribution >= 4 is 5.97 Å². The molecule has 0 rings (SSSR count). The Bertz CT molecular complexity index is 128. The Balaban J connectivity index is 0. The van der Waals surface area contributed by atoms with Crippen LogP contribution in [-0.4, -0.2) is 5.97 Å². The number of carboxylic acid groups (broad SMARTS) is 1. The number of unbranched alkanes of at least 4 members (excludes halogenated alkanes) is 1. The van der Waals surface area contributed by atoms with Crippen molar-refractivity contribution in [2.45, 2.75) is 32.6 Å². The molecule has 0 N–H and O–H groups in total. The largest absolute Gasteiger partial charge is 1.00 e. The summed E-state index contributed by atoms with van der Waals surface area (Å²) in [5.41, 5.74) is 0. The minimum Gasteiger partial charge on any atom is -0.550 e. The van der Waals surface area contributed by atoms with Crippen LogP contribution in [0.3, 0.4) is 0 Å². The van der Waals surface area contributed by atoms with E-state index in [2.05, 4.69) is 0 Å². The van der Waals surface area contributed by atoms with E-state index in [1.807, 2.05) is 6.92 Å². The van der Waals surface area contributed by atoms with Crippen LogP contribution < -0.4 is 34.7 Å². The van der Waals surface area contributed by atoms with Crippen LogP contribution in [0, 0.1) is 0 Å². The average molecular weight is 140 g/mol. The molecule has 0 aromatic heterocycles. The maximum Gasteiger partial charge on any atom is 1.00 e. The van der Waals surface area contributed by atoms with Crippen LogP contribution in [-0.2, 0) is 4.79 Å². The monoisotopic (exact) mass is 140 g/mol. The van der Waals surface area contributed by atoms with Gasteiger partial charge in [-0.3, -0.25) is 0 Å². The number of aliphatic carboxylic acids is 1. The summed E-state index contributed by atoms with van der Waals surface area (Å²) in [6.07, 6.45) is -0.713. The molecule has 0 fully saturated rings. The molecule has 0 amide bonds. The molecule has 0 atom stereocenters. The third-order valence-electron chi connectivity index (χ3n) is 0.800. The van der Waals surface area contributed by atoms with E-state index in [1.165, 1.54) is 0 Å². The molecule has 0 aliphatic heterocycles. The van der Waals surface area contributed by atoms with Gasteiger partial charge in [0.1, 0.15) is 0 Å². The molecule has 48 valence electrons. The van der Waals surface area contributed by atoms with Gasteiger partial charge in [0.25, 0.3) is 0 Å². The summed E-state index contributed by atoms with van der Waals surface area (Å²) >= 11 is 0. The standard InChI is InChI=1S/C6H12O2.Na/c1-2-3-4-5-6(7)8;/h2-5H2,1H3,(H,7,8);/q;+1/p-1/i5D2;. The van der Waals surface area contributed by atoms with Gasteiger partial charge < -0.3 is 9.90 Å². The number of hydrogen-bond acceptors (Lipinski definition) is 2. The van der Waals surface area contributed by atoms with Gasteiger partial charge in [0.2, 0.25) is 0 Å². The predicted octanol–water partition coefficient (Wildman–Crippen LogP) is -2.68. The average Bonchev–Trinajstić information content (AvgIpc) is 1.84. The van der Waals surface area contributed by atoms with Crippen molar-refractivity contribution < 1.29 is 42.2 Å². The fraction of sp³-hybridized carbons (Fsp3) is 0.833. The van der Waals surface area contributed by atoms with E-state index in [4.69, 9.17) is 2.74 Å². The van der Waals surface area contributed by atoms with E-state index in [0.29, 0.717) is 6.42 Å². The number of carbonyl (C=O) groups excluding carboxylic acids is 1. The maximum absolute atomic E-state index is 10.0. The third kappa shape index (κ3) is 11.8. The Labute approximate surface area is 80.7 Å². The molecule has 0 radical (unpaired) electrons. The SMILES string of the molecule is [2H]C([2H])(CCCC)C(=O)[O-].[Na+]. The van der Waals surface area contributed by atoms with Gasteiger partial charge in [0.05, 0.1) is 0 Å². The zero-order valence-electron chi connectivity index (χ0n) is 7.94. The fourth-order valence-electron chi connectivity index (χ4n) is 0.367. The van der Waals surface area contributed by atoms with Gasteiger partial charge in [0, 0.05) is 8.71 Å². The molecule has 0 aromatic carbocycles. The predicted molar refractivity (Wildman–Crippen MR) is 29.1 cm³/mol. The van der Waals surface area contributed by atoms with Crippen LogP contribution in [0.1, 0.15) is 35.3 Å². The first-order valence-corrected chi connectivity index (χ1v) is 2.72. The summed E-state index contributed by atoms with van der Waals surface area (Å²) < 4.78 is 13.8. The molecule has 0 saturated carbocycles. The third-order valence-corrected chi connectivity index (χ3v) is 0.800. The normalized spacial score (nSPS) is 13.0. The van der Waals surface area contributed by atoms with Crippen molar-refractivity contribution in [2.75, 3.05) is 0 Å². The number of carbonyl (C=O) groups is 1. The topological polar surface area (TPSA) is 40.1 Å². The molecule has 0 heterocycles. The molecular weight excluding hydrogens is 127 g/mol. The van der Waals surface area contributed by atoms with Crippen molar-refractivity contribution in [2.24, 2.45) is 0 Å². The minimum atomic E-state index is -2.14. The summed E-state index contributed by atoms with van der Waals surface area (Å²) in [4.78, 5) is 10.0. The Hall–Kier alpha value is 0.470. The first-order valence-electron chi connectivity index (χ1n) is 3.72. The summed E-state index contributed by atoms with van der Waals surface area (Å²) in [5.74, 6) is -1.61. The summed E-state index contributed by atoms with van der Waals surface area (Å²) in [6, 6.07) is 0. The van der Waals surface area contributed by atoms with Crippen LogP contribution in [0.25, 0.3) is 0 Å². The van der Waals surface area contributed by atoms with Gasteiger partial charge in [-0.15, -0.1) is 0 Å². The Morgan fingerprint density at radius 3 is 2.56 bits per heavy atom. The second kappa shape index (κ2) is 8.47.